The van der Waals surface area contributed by atoms with Gasteiger partial charge in [-0.25, -0.2) is 9.97 Å². The van der Waals surface area contributed by atoms with Gasteiger partial charge in [0.25, 0.3) is 5.56 Å². The molecule has 0 atom stereocenters. The summed E-state index contributed by atoms with van der Waals surface area (Å²) in [7, 11) is 3.91. The normalized spacial score (nSPS) is 13.7. The average molecular weight is 647 g/mol. The number of nitrogens with one attached hydrogen (secondary N) is 2. The van der Waals surface area contributed by atoms with Crippen molar-refractivity contribution in [2.45, 2.75) is 52.1 Å². The van der Waals surface area contributed by atoms with Gasteiger partial charge in [0.1, 0.15) is 11.5 Å². The van der Waals surface area contributed by atoms with Gasteiger partial charge in [0.2, 0.25) is 11.8 Å². The highest BCUT2D eigenvalue weighted by molar-refractivity contribution is 6.09. The molecule has 0 spiro atoms. The molecule has 1 fully saturated rings. The number of imidazole rings is 1. The molecule has 11 heteroatoms. The minimum absolute atomic E-state index is 0.105. The number of H-pyrrole nitrogens is 1. The standard InChI is InChI=1S/C37H42N8O3/c1-4-44-31-10-6-5-9-25(31)26-21-24(12-14-32(26)44)36-40-30-22-28-29(23-33(30)45(36)19-8-18-43-17-7-11-35(43)47)39-27(37(48)41-28)13-15-34(46)38-16-20-42(2)3/h5-6,9-10,12,14,21-23H,4,7-8,11,13,15-20H2,1-3H3,(H,38,46)(H,41,48). The van der Waals surface area contributed by atoms with Crippen LogP contribution in [0.4, 0.5) is 0 Å². The third-order valence-corrected chi connectivity index (χ3v) is 9.43. The Bertz CT molecular complexity index is 2230. The maximum Gasteiger partial charge on any atom is 0.270 e. The van der Waals surface area contributed by atoms with E-state index in [1.807, 2.05) is 36.0 Å². The number of carbonyl (C=O) groups is 2. The number of likely N-dealkylation sites (N-methyl/N-ethyl adjacent to an activating group) is 1. The van der Waals surface area contributed by atoms with Crippen molar-refractivity contribution in [3.63, 3.8) is 0 Å². The zero-order valence-electron chi connectivity index (χ0n) is 27.9. The number of hydrogen-bond donors (Lipinski definition) is 2. The van der Waals surface area contributed by atoms with Gasteiger partial charge < -0.3 is 29.2 Å². The van der Waals surface area contributed by atoms with E-state index in [1.165, 1.54) is 21.8 Å². The molecule has 0 saturated carbocycles. The summed E-state index contributed by atoms with van der Waals surface area (Å²) in [5.41, 5.74) is 6.35. The minimum Gasteiger partial charge on any atom is -0.355 e. The van der Waals surface area contributed by atoms with Crippen molar-refractivity contribution in [1.29, 1.82) is 0 Å². The van der Waals surface area contributed by atoms with Gasteiger partial charge in [-0.15, -0.1) is 0 Å². The second-order valence-electron chi connectivity index (χ2n) is 12.9. The molecule has 0 unspecified atom stereocenters. The molecule has 7 rings (SSSR count). The summed E-state index contributed by atoms with van der Waals surface area (Å²) in [4.78, 5) is 54.6. The summed E-state index contributed by atoms with van der Waals surface area (Å²) in [6, 6.07) is 18.9. The van der Waals surface area contributed by atoms with Crippen molar-refractivity contribution >= 4 is 55.7 Å². The molecule has 1 aliphatic heterocycles. The maximum absolute atomic E-state index is 13.0. The van der Waals surface area contributed by atoms with Crippen LogP contribution in [0.15, 0.2) is 59.4 Å². The molecule has 0 radical (unpaired) electrons. The van der Waals surface area contributed by atoms with E-state index in [0.29, 0.717) is 42.8 Å². The largest absolute Gasteiger partial charge is 0.355 e. The Kier molecular flexibility index (Phi) is 8.70. The second-order valence-corrected chi connectivity index (χ2v) is 12.9. The van der Waals surface area contributed by atoms with Crippen molar-refractivity contribution in [2.24, 2.45) is 0 Å². The van der Waals surface area contributed by atoms with Crippen molar-refractivity contribution in [3.8, 4) is 11.4 Å². The van der Waals surface area contributed by atoms with Crippen LogP contribution in [0.3, 0.4) is 0 Å². The van der Waals surface area contributed by atoms with Crippen LogP contribution in [0.2, 0.25) is 0 Å². The van der Waals surface area contributed by atoms with E-state index in [2.05, 4.69) is 68.8 Å². The number of aromatic nitrogens is 5. The van der Waals surface area contributed by atoms with Crippen molar-refractivity contribution in [2.75, 3.05) is 40.3 Å². The smallest absolute Gasteiger partial charge is 0.270 e. The van der Waals surface area contributed by atoms with Crippen molar-refractivity contribution < 1.29 is 9.59 Å². The Morgan fingerprint density at radius 2 is 1.77 bits per heavy atom. The molecule has 0 bridgehead atoms. The average Bonchev–Trinajstić information content (AvgIpc) is 3.75. The van der Waals surface area contributed by atoms with Crippen LogP contribution in [-0.2, 0) is 29.1 Å². The minimum atomic E-state index is -0.296. The van der Waals surface area contributed by atoms with Gasteiger partial charge in [-0.1, -0.05) is 18.2 Å². The second kappa shape index (κ2) is 13.2. The molecule has 248 valence electrons. The number of rotatable bonds is 12. The monoisotopic (exact) mass is 646 g/mol. The summed E-state index contributed by atoms with van der Waals surface area (Å²) < 4.78 is 4.56. The van der Waals surface area contributed by atoms with Crippen LogP contribution in [0.5, 0.6) is 0 Å². The van der Waals surface area contributed by atoms with E-state index in [1.54, 1.807) is 0 Å². The molecule has 11 nitrogen and oxygen atoms in total. The van der Waals surface area contributed by atoms with E-state index in [-0.39, 0.29) is 30.2 Å². The van der Waals surface area contributed by atoms with Gasteiger partial charge in [0.15, 0.2) is 0 Å². The molecule has 4 heterocycles. The Morgan fingerprint density at radius 1 is 0.938 bits per heavy atom. The summed E-state index contributed by atoms with van der Waals surface area (Å²) in [6.07, 6.45) is 2.76. The van der Waals surface area contributed by atoms with Crippen LogP contribution in [0.25, 0.3) is 55.3 Å². The molecule has 3 aromatic heterocycles. The molecule has 3 aromatic carbocycles. The quantitative estimate of drug-likeness (QED) is 0.199. The first-order chi connectivity index (χ1) is 23.3. The van der Waals surface area contributed by atoms with Gasteiger partial charge in [-0.05, 0) is 70.3 Å². The number of likely N-dealkylation sites (tertiary alicyclic amines) is 1. The van der Waals surface area contributed by atoms with Gasteiger partial charge in [-0.3, -0.25) is 14.4 Å². The number of amides is 2. The number of aromatic amines is 1. The molecule has 2 N–H and O–H groups in total. The zero-order chi connectivity index (χ0) is 33.4. The van der Waals surface area contributed by atoms with Crippen LogP contribution in [0, 0.1) is 0 Å². The highest BCUT2D eigenvalue weighted by atomic mass is 16.2. The Hall–Kier alpha value is -5.03. The Labute approximate surface area is 278 Å². The lowest BCUT2D eigenvalue weighted by Crippen LogP contribution is -2.31. The van der Waals surface area contributed by atoms with E-state index >= 15 is 0 Å². The Balaban J connectivity index is 1.27. The van der Waals surface area contributed by atoms with Crippen LogP contribution < -0.4 is 10.9 Å². The third kappa shape index (κ3) is 6.06. The number of benzene rings is 3. The highest BCUT2D eigenvalue weighted by Crippen LogP contribution is 2.34. The number of fused-ring (bicyclic) bond motifs is 5. The number of nitrogens with zero attached hydrogens (tertiary/aromatic N) is 6. The van der Waals surface area contributed by atoms with E-state index in [4.69, 9.17) is 9.97 Å². The molecule has 0 aliphatic carbocycles. The van der Waals surface area contributed by atoms with Crippen LogP contribution in [-0.4, -0.2) is 86.0 Å². The molecular formula is C37H42N8O3. The summed E-state index contributed by atoms with van der Waals surface area (Å²) in [6.45, 7) is 6.51. The molecule has 1 saturated heterocycles. The van der Waals surface area contributed by atoms with E-state index in [0.717, 1.165) is 54.9 Å². The fraction of sp³-hybridized carbons (Fsp3) is 0.378. The molecule has 1 aliphatic rings. The zero-order valence-corrected chi connectivity index (χ0v) is 27.9. The molecular weight excluding hydrogens is 604 g/mol. The first-order valence-electron chi connectivity index (χ1n) is 16.9. The number of aryl methyl sites for hydroxylation is 3. The summed E-state index contributed by atoms with van der Waals surface area (Å²) in [5, 5.41) is 5.29. The lowest BCUT2D eigenvalue weighted by molar-refractivity contribution is -0.127. The first-order valence-corrected chi connectivity index (χ1v) is 16.9. The molecule has 48 heavy (non-hydrogen) atoms. The topological polar surface area (TPSA) is 121 Å². The SMILES string of the molecule is CCn1c2ccccc2c2cc(-c3nc4cc5[nH]c(=O)c(CCC(=O)NCCN(C)C)nc5cc4n3CCCN3CCCC3=O)ccc21. The summed E-state index contributed by atoms with van der Waals surface area (Å²) >= 11 is 0. The predicted octanol–water partition coefficient (Wildman–Crippen LogP) is 4.69. The first kappa shape index (κ1) is 31.6. The van der Waals surface area contributed by atoms with E-state index < -0.39 is 0 Å². The fourth-order valence-corrected chi connectivity index (χ4v) is 6.99. The van der Waals surface area contributed by atoms with Gasteiger partial charge in [0.05, 0.1) is 22.1 Å². The molecule has 2 amide bonds. The summed E-state index contributed by atoms with van der Waals surface area (Å²) in [5.74, 6) is 0.952. The number of carbonyl (C=O) groups excluding carboxylic acids is 2. The number of para-hydroxylation sites is 1. The highest BCUT2D eigenvalue weighted by Gasteiger charge is 2.21. The van der Waals surface area contributed by atoms with E-state index in [9.17, 15) is 14.4 Å². The van der Waals surface area contributed by atoms with Crippen molar-refractivity contribution in [1.82, 2.24) is 39.2 Å². The lowest BCUT2D eigenvalue weighted by atomic mass is 10.1. The fourth-order valence-electron chi connectivity index (χ4n) is 6.99. The third-order valence-electron chi connectivity index (χ3n) is 9.43. The van der Waals surface area contributed by atoms with Crippen LogP contribution in [0.1, 0.15) is 38.3 Å². The maximum atomic E-state index is 13.0. The molecule has 6 aromatic rings. The van der Waals surface area contributed by atoms with Gasteiger partial charge >= 0.3 is 0 Å². The Morgan fingerprint density at radius 3 is 2.56 bits per heavy atom. The predicted molar refractivity (Wildman–Crippen MR) is 190 cm³/mol. The van der Waals surface area contributed by atoms with Crippen molar-refractivity contribution in [3.05, 3.63) is 70.6 Å². The number of hydrogen-bond acceptors (Lipinski definition) is 6. The van der Waals surface area contributed by atoms with Gasteiger partial charge in [0, 0.05) is 85.9 Å². The van der Waals surface area contributed by atoms with Gasteiger partial charge in [-0.2, -0.15) is 0 Å². The van der Waals surface area contributed by atoms with Crippen LogP contribution >= 0.6 is 0 Å². The lowest BCUT2D eigenvalue weighted by Gasteiger charge is -2.16.